The van der Waals surface area contributed by atoms with E-state index in [4.69, 9.17) is 58.0 Å². The normalized spacial score (nSPS) is 9.71. The van der Waals surface area contributed by atoms with Gasteiger partial charge in [0, 0.05) is 56.7 Å². The molecule has 3 N–H and O–H groups in total. The quantitative estimate of drug-likeness (QED) is 0.0158. The van der Waals surface area contributed by atoms with Crippen molar-refractivity contribution in [3.8, 4) is 62.1 Å². The number of phenols is 1. The predicted octanol–water partition coefficient (Wildman–Crippen LogP) is 25.1. The summed E-state index contributed by atoms with van der Waals surface area (Å²) in [4.78, 5) is 11.2. The molecule has 0 amide bonds. The van der Waals surface area contributed by atoms with Crippen LogP contribution in [0.4, 0.5) is 22.0 Å². The number of hydrogen-bond acceptors (Lipinski definition) is 14. The van der Waals surface area contributed by atoms with Crippen molar-refractivity contribution in [2.24, 2.45) is 9.05 Å². The van der Waals surface area contributed by atoms with Crippen molar-refractivity contribution in [2.75, 3.05) is 48.0 Å². The molecule has 0 saturated carbocycles. The van der Waals surface area contributed by atoms with E-state index < -0.39 is 14.3 Å². The Morgan fingerprint density at radius 3 is 1.22 bits per heavy atom. The number of carbonyl (C=O) groups is 1. The fourth-order valence-corrected chi connectivity index (χ4v) is 14.9. The molecule has 0 atom stereocenters. The van der Waals surface area contributed by atoms with E-state index in [1.54, 1.807) is 107 Å². The minimum atomic E-state index is -1.51. The zero-order chi connectivity index (χ0) is 95.9. The van der Waals surface area contributed by atoms with Crippen molar-refractivity contribution in [1.29, 1.82) is 0 Å². The van der Waals surface area contributed by atoms with Crippen molar-refractivity contribution in [3.05, 3.63) is 369 Å². The van der Waals surface area contributed by atoms with E-state index in [1.165, 1.54) is 58.3 Å². The summed E-state index contributed by atoms with van der Waals surface area (Å²) in [5.74, 6) is 1.73. The van der Waals surface area contributed by atoms with Crippen LogP contribution in [-0.4, -0.2) is 87.5 Å². The number of aromatic hydroxyl groups is 1. The third-order valence-corrected chi connectivity index (χ3v) is 21.2. The number of rotatable bonds is 9. The molecule has 0 unspecified atom stereocenters. The average Bonchev–Trinajstić information content (AvgIpc) is 1.62. The Bertz CT molecular complexity index is 6700. The number of hydrogen-bond donors (Lipinski definition) is 4. The van der Waals surface area contributed by atoms with E-state index in [0.717, 1.165) is 85.5 Å². The van der Waals surface area contributed by atoms with E-state index in [0.29, 0.717) is 53.9 Å². The van der Waals surface area contributed by atoms with Gasteiger partial charge in [0.1, 0.15) is 63.2 Å². The molecule has 0 aliphatic carbocycles. The summed E-state index contributed by atoms with van der Waals surface area (Å²) in [5, 5.41) is 52.5. The molecular weight excluding hydrogens is 2290 g/mol. The number of para-hydroxylation sites is 1. The summed E-state index contributed by atoms with van der Waals surface area (Å²) in [6.45, 7) is -0.181. The molecule has 677 valence electrons. The standard InChI is InChI=1S/C17H12BrFO.C17H13FO.C16H10BrFO.C16H9BrO.C11H11BO3.C11H10O.C6H4BrF.CH2Cl2.CH3F.CH4NP.CH2O3.CH4.BBr3.BHNS.2K.H/c1-20-17-14(13-8-4-5-9-15(13)19)10-11-6-2-3-7-12(11)16(17)18;1-19-17-11-13-7-3-2-6-12(13)10-15(17)14-8-4-5-9-16(14)18;17-15-11-6-2-1-5-10(11)9-13(16(15)19)12-7-3-4-8-14(12)18;17-15-11-6-2-1-5-10(11)9-13-12-7-3-4-8-14(12)18-16(13)15;1-15-11-7-9-5-3-2-4-8(9)6-10(11)12(13)14;1-12-11-7-6-9-4-2-3-5-10(9)8-11;7-5-3-1-2-4-6(5)8;2-1-3;1-2;1-2-3;2-1-4-3;;2-1(3)4;1-2-3;;;/h2-10H,1H3;2-11H,1H3;1-9,19H;1-9H;2-7,13-14H,1H3;2-8H,1H3;1-4H;1H2;1H3;3H,1H3;1,3H;1H4;;3H;;;/q;;;;;;;;;;;;;;2*+1;-1/p-1/i;;;;;;;;1D;;;;;;;;. The van der Waals surface area contributed by atoms with Gasteiger partial charge in [-0.05, 0) is 222 Å². The Kier molecular flexibility index (Phi) is 59.4. The zero-order valence-electron chi connectivity index (χ0n) is 73.6. The minimum absolute atomic E-state index is 0. The monoisotopic (exact) mass is 2370 g/mol. The first-order valence-corrected chi connectivity index (χ1v) is 45.8. The second-order valence-electron chi connectivity index (χ2n) is 25.8. The van der Waals surface area contributed by atoms with Crippen LogP contribution in [0.2, 0.25) is 0 Å². The van der Waals surface area contributed by atoms with Crippen molar-refractivity contribution in [3.63, 3.8) is 0 Å². The predicted molar refractivity (Wildman–Crippen MR) is 567 cm³/mol. The number of methoxy groups -OCH3 is 4. The largest absolute Gasteiger partial charge is 1.00 e. The molecular formula is C99H85B3Br7Cl2F5K2N2O11PS. The van der Waals surface area contributed by atoms with Gasteiger partial charge in [-0.15, -0.1) is 70.5 Å². The SMILES string of the molecule is BrB(Br)Br.Brc1c2ccccc2cc2c1oc1ccccc12.C.CN=P.COc1c(-c2ccccc2F)cc2ccccc2c1Br.COc1cc2ccccc2cc1-c1ccccc1F.COc1cc2ccccc2cc1B(O)O.COc1ccc2ccccc2c1.ClCCl.Fc1ccccc1Br.O=CO[O-].Oc1c(-c2ccccc2F)cc2ccccc2c1Br.[2H]CF.[B]=NS.[H-].[K+].[K+]. The van der Waals surface area contributed by atoms with Gasteiger partial charge in [-0.2, -0.15) is 0 Å². The molecule has 34 heteroatoms. The first kappa shape index (κ1) is 119. The van der Waals surface area contributed by atoms with Crippen LogP contribution < -0.4 is 132 Å². The van der Waals surface area contributed by atoms with Crippen LogP contribution in [0.1, 0.15) is 10.2 Å². The van der Waals surface area contributed by atoms with Crippen molar-refractivity contribution in [2.45, 2.75) is 7.43 Å². The summed E-state index contributed by atoms with van der Waals surface area (Å²) in [6.07, 6.45) is 0. The van der Waals surface area contributed by atoms with Crippen LogP contribution in [0.5, 0.6) is 28.7 Å². The third-order valence-electron chi connectivity index (χ3n) is 18.2. The maximum absolute atomic E-state index is 14.1. The summed E-state index contributed by atoms with van der Waals surface area (Å²) in [6, 6.07) is 102. The van der Waals surface area contributed by atoms with Gasteiger partial charge in [-0.1, -0.05) is 250 Å². The summed E-state index contributed by atoms with van der Waals surface area (Å²) < 4.78 is 106. The molecule has 0 aliphatic rings. The van der Waals surface area contributed by atoms with Crippen LogP contribution in [0.15, 0.2) is 359 Å². The van der Waals surface area contributed by atoms with Crippen molar-refractivity contribution >= 4 is 272 Å². The Morgan fingerprint density at radius 2 is 0.805 bits per heavy atom. The van der Waals surface area contributed by atoms with Gasteiger partial charge in [0.05, 0.1) is 60.2 Å². The maximum atomic E-state index is 14.1. The van der Waals surface area contributed by atoms with Gasteiger partial charge < -0.3 is 50.1 Å². The number of nitrogens with zero attached hydrogens (tertiary/aromatic N) is 2. The second kappa shape index (κ2) is 66.3. The van der Waals surface area contributed by atoms with E-state index in [9.17, 15) is 37.1 Å². The topological polar surface area (TPSA) is 185 Å². The fraction of sp³-hybridized carbons (Fsp3) is 0.0808. The first-order valence-electron chi connectivity index (χ1n) is 38.7. The van der Waals surface area contributed by atoms with E-state index in [-0.39, 0.29) is 156 Å². The van der Waals surface area contributed by atoms with Gasteiger partial charge in [-0.25, -0.2) is 17.6 Å². The number of ether oxygens (including phenoxy) is 4. The molecule has 133 heavy (non-hydrogen) atoms. The van der Waals surface area contributed by atoms with Crippen molar-refractivity contribution < 1.29 is 181 Å². The van der Waals surface area contributed by atoms with Gasteiger partial charge >= 0.3 is 138 Å². The van der Waals surface area contributed by atoms with E-state index >= 15 is 0 Å². The van der Waals surface area contributed by atoms with Gasteiger partial charge in [-0.3, -0.25) is 13.9 Å². The molecule has 0 spiro atoms. The number of thiol groups is 1. The molecule has 13 nitrogen and oxygen atoms in total. The van der Waals surface area contributed by atoms with Crippen molar-refractivity contribution in [1.82, 2.24) is 0 Å². The van der Waals surface area contributed by atoms with Gasteiger partial charge in [0.25, 0.3) is 6.47 Å². The van der Waals surface area contributed by atoms with E-state index in [1.807, 2.05) is 176 Å². The molecule has 1 aromatic heterocycles. The molecule has 18 aromatic rings. The first-order chi connectivity index (χ1) is 63.3. The molecule has 1 heterocycles. The average molecular weight is 2380 g/mol. The number of benzene rings is 17. The molecule has 0 fully saturated rings. The fourth-order valence-electron chi connectivity index (χ4n) is 12.6. The van der Waals surface area contributed by atoms with Gasteiger partial charge in [0.2, 0.25) is 0 Å². The summed E-state index contributed by atoms with van der Waals surface area (Å²) in [7, 11) is 12.7. The Labute approximate surface area is 935 Å². The van der Waals surface area contributed by atoms with E-state index in [2.05, 4.69) is 203 Å². The summed E-state index contributed by atoms with van der Waals surface area (Å²) in [5.41, 5.74) is 5.75. The minimum Gasteiger partial charge on any atom is -1.00 e. The molecule has 18 rings (SSSR count). The number of carbonyl (C=O) groups excluding carboxylic acids is 1. The molecule has 0 bridgehead atoms. The number of alkyl halides is 3. The molecule has 0 aliphatic heterocycles. The molecule has 1 radical (unpaired) electrons. The van der Waals surface area contributed by atoms with Crippen LogP contribution in [0.25, 0.3) is 120 Å². The Hall–Kier alpha value is -6.24. The van der Waals surface area contributed by atoms with Crippen LogP contribution in [0.3, 0.4) is 0 Å². The zero-order valence-corrected chi connectivity index (χ0v) is 92.4. The second-order valence-corrected chi connectivity index (χ2v) is 37.0. The number of phenolic OH excluding ortho intramolecular Hbond substituents is 1. The van der Waals surface area contributed by atoms with Crippen LogP contribution >= 0.6 is 156 Å². The van der Waals surface area contributed by atoms with Crippen LogP contribution in [0, 0.1) is 23.3 Å². The number of fused-ring (bicyclic) bond motifs is 9. The number of halogens is 14. The van der Waals surface area contributed by atoms with Gasteiger partial charge in [0.15, 0.2) is 0 Å². The Balaban J connectivity index is 0.000000517. The molecule has 0 saturated heterocycles. The summed E-state index contributed by atoms with van der Waals surface area (Å²) >= 11 is 35.7. The molecule has 17 aromatic carbocycles. The number of furan rings is 1. The maximum Gasteiger partial charge on any atom is 1.00 e. The van der Waals surface area contributed by atoms with Crippen LogP contribution in [-0.2, 0) is 9.68 Å². The smallest absolute Gasteiger partial charge is 1.00 e. The Morgan fingerprint density at radius 1 is 0.474 bits per heavy atom. The third kappa shape index (κ3) is 36.8.